The molecule has 0 aliphatic heterocycles. The fourth-order valence-electron chi connectivity index (χ4n) is 2.60. The Morgan fingerprint density at radius 1 is 1.08 bits per heavy atom. The van der Waals surface area contributed by atoms with E-state index in [0.29, 0.717) is 24.5 Å². The molecular formula is C21H20N2O2. The number of hydrogen-bond donors (Lipinski definition) is 0. The molecule has 25 heavy (non-hydrogen) atoms. The Bertz CT molecular complexity index is 852. The summed E-state index contributed by atoms with van der Waals surface area (Å²) in [5.41, 5.74) is 2.53. The third-order valence-corrected chi connectivity index (χ3v) is 3.76. The van der Waals surface area contributed by atoms with Gasteiger partial charge in [0.25, 0.3) is 0 Å². The minimum absolute atomic E-state index is 0.324. The molecule has 0 saturated heterocycles. The van der Waals surface area contributed by atoms with Crippen LogP contribution in [0.4, 0.5) is 0 Å². The van der Waals surface area contributed by atoms with Gasteiger partial charge < -0.3 is 9.30 Å². The highest BCUT2D eigenvalue weighted by atomic mass is 16.5. The van der Waals surface area contributed by atoms with Crippen LogP contribution >= 0.6 is 0 Å². The first-order chi connectivity index (χ1) is 12.3. The third kappa shape index (κ3) is 4.23. The van der Waals surface area contributed by atoms with Crippen LogP contribution in [0.1, 0.15) is 23.9 Å². The maximum Gasteiger partial charge on any atom is 0.341 e. The van der Waals surface area contributed by atoms with Gasteiger partial charge in [-0.25, -0.2) is 9.78 Å². The average molecular weight is 332 g/mol. The van der Waals surface area contributed by atoms with Gasteiger partial charge in [0, 0.05) is 18.9 Å². The monoisotopic (exact) mass is 332 g/mol. The van der Waals surface area contributed by atoms with Crippen LogP contribution in [0.15, 0.2) is 73.1 Å². The van der Waals surface area contributed by atoms with E-state index in [4.69, 9.17) is 4.74 Å². The zero-order chi connectivity index (χ0) is 17.5. The standard InChI is InChI=1S/C21H20N2O2/c1-2-25-21(24)19(15-17-9-5-3-6-10-17)20-22-13-14-23(20)16-18-11-7-4-8-12-18/h3-15H,2,16H2,1H3/b19-15+. The highest BCUT2D eigenvalue weighted by molar-refractivity contribution is 6.20. The molecule has 0 bridgehead atoms. The van der Waals surface area contributed by atoms with Crippen molar-refractivity contribution in [3.8, 4) is 0 Å². The van der Waals surface area contributed by atoms with Gasteiger partial charge in [-0.15, -0.1) is 0 Å². The number of ether oxygens (including phenoxy) is 1. The lowest BCUT2D eigenvalue weighted by molar-refractivity contribution is -0.136. The van der Waals surface area contributed by atoms with Crippen molar-refractivity contribution in [3.05, 3.63) is 90.0 Å². The Balaban J connectivity index is 1.98. The lowest BCUT2D eigenvalue weighted by atomic mass is 10.1. The molecule has 126 valence electrons. The maximum atomic E-state index is 12.5. The van der Waals surface area contributed by atoms with Crippen LogP contribution in [0, 0.1) is 0 Å². The summed E-state index contributed by atoms with van der Waals surface area (Å²) in [7, 11) is 0. The van der Waals surface area contributed by atoms with Crippen LogP contribution in [-0.4, -0.2) is 22.1 Å². The number of hydrogen-bond acceptors (Lipinski definition) is 3. The molecule has 3 rings (SSSR count). The van der Waals surface area contributed by atoms with Crippen LogP contribution in [0.3, 0.4) is 0 Å². The molecule has 2 aromatic carbocycles. The molecule has 0 saturated carbocycles. The van der Waals surface area contributed by atoms with Crippen LogP contribution in [0.5, 0.6) is 0 Å². The number of rotatable bonds is 6. The van der Waals surface area contributed by atoms with Crippen molar-refractivity contribution in [3.63, 3.8) is 0 Å². The van der Waals surface area contributed by atoms with Gasteiger partial charge in [-0.05, 0) is 24.1 Å². The van der Waals surface area contributed by atoms with Gasteiger partial charge in [0.1, 0.15) is 11.4 Å². The number of imidazole rings is 1. The van der Waals surface area contributed by atoms with E-state index in [-0.39, 0.29) is 5.97 Å². The predicted octanol–water partition coefficient (Wildman–Crippen LogP) is 4.04. The number of benzene rings is 2. The summed E-state index contributed by atoms with van der Waals surface area (Å²) in [6, 6.07) is 19.8. The van der Waals surface area contributed by atoms with Crippen molar-refractivity contribution in [1.82, 2.24) is 9.55 Å². The molecule has 0 amide bonds. The molecular weight excluding hydrogens is 312 g/mol. The fraction of sp³-hybridized carbons (Fsp3) is 0.143. The zero-order valence-electron chi connectivity index (χ0n) is 14.1. The van der Waals surface area contributed by atoms with Gasteiger partial charge in [0.2, 0.25) is 0 Å². The summed E-state index contributed by atoms with van der Waals surface area (Å²) in [4.78, 5) is 16.9. The smallest absolute Gasteiger partial charge is 0.341 e. The molecule has 0 unspecified atom stereocenters. The molecule has 0 aliphatic carbocycles. The van der Waals surface area contributed by atoms with Gasteiger partial charge in [-0.1, -0.05) is 60.7 Å². The molecule has 1 heterocycles. The molecule has 0 spiro atoms. The number of carbonyl (C=O) groups is 1. The second kappa shape index (κ2) is 8.11. The first-order valence-corrected chi connectivity index (χ1v) is 8.27. The minimum Gasteiger partial charge on any atom is -0.462 e. The van der Waals surface area contributed by atoms with Crippen molar-refractivity contribution in [1.29, 1.82) is 0 Å². The number of esters is 1. The Hall–Kier alpha value is -3.14. The highest BCUT2D eigenvalue weighted by Crippen LogP contribution is 2.20. The summed E-state index contributed by atoms with van der Waals surface area (Å²) in [6.07, 6.45) is 5.40. The van der Waals surface area contributed by atoms with Gasteiger partial charge >= 0.3 is 5.97 Å². The van der Waals surface area contributed by atoms with E-state index in [1.807, 2.05) is 65.4 Å². The van der Waals surface area contributed by atoms with E-state index in [9.17, 15) is 4.79 Å². The Morgan fingerprint density at radius 3 is 2.44 bits per heavy atom. The van der Waals surface area contributed by atoms with Crippen molar-refractivity contribution < 1.29 is 9.53 Å². The largest absolute Gasteiger partial charge is 0.462 e. The highest BCUT2D eigenvalue weighted by Gasteiger charge is 2.18. The van der Waals surface area contributed by atoms with Crippen LogP contribution in [0.25, 0.3) is 11.6 Å². The van der Waals surface area contributed by atoms with Crippen molar-refractivity contribution in [2.24, 2.45) is 0 Å². The molecule has 0 aliphatic rings. The fourth-order valence-corrected chi connectivity index (χ4v) is 2.60. The van der Waals surface area contributed by atoms with Crippen molar-refractivity contribution >= 4 is 17.6 Å². The van der Waals surface area contributed by atoms with Crippen molar-refractivity contribution in [2.45, 2.75) is 13.5 Å². The summed E-state index contributed by atoms with van der Waals surface area (Å²) in [6.45, 7) is 2.76. The van der Waals surface area contributed by atoms with Crippen molar-refractivity contribution in [2.75, 3.05) is 6.61 Å². The minimum atomic E-state index is -0.369. The summed E-state index contributed by atoms with van der Waals surface area (Å²) in [5.74, 6) is 0.234. The van der Waals surface area contributed by atoms with Gasteiger partial charge in [0.05, 0.1) is 6.61 Å². The predicted molar refractivity (Wildman–Crippen MR) is 98.7 cm³/mol. The van der Waals surface area contributed by atoms with E-state index >= 15 is 0 Å². The first kappa shape index (κ1) is 16.7. The molecule has 0 fully saturated rings. The van der Waals surface area contributed by atoms with E-state index in [2.05, 4.69) is 17.1 Å². The molecule has 3 aromatic rings. The second-order valence-corrected chi connectivity index (χ2v) is 5.55. The number of aromatic nitrogens is 2. The Kier molecular flexibility index (Phi) is 5.42. The van der Waals surface area contributed by atoms with Gasteiger partial charge in [-0.3, -0.25) is 0 Å². The van der Waals surface area contributed by atoms with E-state index in [0.717, 1.165) is 11.1 Å². The molecule has 4 heteroatoms. The average Bonchev–Trinajstić information content (AvgIpc) is 3.09. The number of carbonyl (C=O) groups excluding carboxylic acids is 1. The molecule has 1 aromatic heterocycles. The zero-order valence-corrected chi connectivity index (χ0v) is 14.1. The summed E-state index contributed by atoms with van der Waals surface area (Å²) < 4.78 is 7.20. The lowest BCUT2D eigenvalue weighted by Gasteiger charge is -2.11. The molecule has 0 N–H and O–H groups in total. The number of nitrogens with zero attached hydrogens (tertiary/aromatic N) is 2. The lowest BCUT2D eigenvalue weighted by Crippen LogP contribution is -2.12. The third-order valence-electron chi connectivity index (χ3n) is 3.76. The van der Waals surface area contributed by atoms with E-state index in [1.165, 1.54) is 0 Å². The topological polar surface area (TPSA) is 44.1 Å². The summed E-state index contributed by atoms with van der Waals surface area (Å²) in [5, 5.41) is 0. The second-order valence-electron chi connectivity index (χ2n) is 5.55. The summed E-state index contributed by atoms with van der Waals surface area (Å²) >= 11 is 0. The van der Waals surface area contributed by atoms with Gasteiger partial charge in [-0.2, -0.15) is 0 Å². The van der Waals surface area contributed by atoms with Crippen LogP contribution < -0.4 is 0 Å². The van der Waals surface area contributed by atoms with E-state index < -0.39 is 0 Å². The molecule has 0 atom stereocenters. The molecule has 4 nitrogen and oxygen atoms in total. The normalized spacial score (nSPS) is 11.3. The first-order valence-electron chi connectivity index (χ1n) is 8.27. The maximum absolute atomic E-state index is 12.5. The van der Waals surface area contributed by atoms with E-state index in [1.54, 1.807) is 13.1 Å². The molecule has 0 radical (unpaired) electrons. The van der Waals surface area contributed by atoms with Crippen LogP contribution in [0.2, 0.25) is 0 Å². The van der Waals surface area contributed by atoms with Gasteiger partial charge in [0.15, 0.2) is 0 Å². The Labute approximate surface area is 147 Å². The quantitative estimate of drug-likeness (QED) is 0.505. The SMILES string of the molecule is CCOC(=O)/C(=C/c1ccccc1)c1nccn1Cc1ccccc1. The van der Waals surface area contributed by atoms with Crippen LogP contribution in [-0.2, 0) is 16.1 Å². The Morgan fingerprint density at radius 2 is 1.76 bits per heavy atom.